The molecule has 0 atom stereocenters. The summed E-state index contributed by atoms with van der Waals surface area (Å²) in [5.41, 5.74) is 4.58. The number of nitrogens with one attached hydrogen (secondary N) is 1. The molecular formula is C16H17N5. The lowest BCUT2D eigenvalue weighted by atomic mass is 10.1. The standard InChI is InChI=1S/C16H17N5/c1-13-11-15(7-8-16(13)21-12-18-19-20-21)17-10-9-14-5-3-2-4-6-14/h2-8,11-12,17H,9-10H2,1H3. The number of anilines is 1. The number of benzene rings is 2. The van der Waals surface area contributed by atoms with Crippen molar-refractivity contribution < 1.29 is 0 Å². The molecule has 21 heavy (non-hydrogen) atoms. The van der Waals surface area contributed by atoms with Crippen molar-refractivity contribution in [3.63, 3.8) is 0 Å². The van der Waals surface area contributed by atoms with E-state index < -0.39 is 0 Å². The molecule has 0 saturated heterocycles. The molecule has 0 amide bonds. The fraction of sp³-hybridized carbons (Fsp3) is 0.188. The molecule has 0 bridgehead atoms. The summed E-state index contributed by atoms with van der Waals surface area (Å²) >= 11 is 0. The smallest absolute Gasteiger partial charge is 0.143 e. The maximum absolute atomic E-state index is 3.91. The van der Waals surface area contributed by atoms with Gasteiger partial charge in [0.25, 0.3) is 0 Å². The first-order chi connectivity index (χ1) is 10.3. The Kier molecular flexibility index (Phi) is 3.91. The van der Waals surface area contributed by atoms with Crippen molar-refractivity contribution in [2.75, 3.05) is 11.9 Å². The van der Waals surface area contributed by atoms with Gasteiger partial charge in [-0.1, -0.05) is 30.3 Å². The third kappa shape index (κ3) is 3.25. The minimum atomic E-state index is 0.910. The van der Waals surface area contributed by atoms with Crippen LogP contribution in [-0.2, 0) is 6.42 Å². The second-order valence-corrected chi connectivity index (χ2v) is 4.92. The molecule has 106 valence electrons. The molecule has 1 heterocycles. The Morgan fingerprint density at radius 3 is 2.67 bits per heavy atom. The summed E-state index contributed by atoms with van der Waals surface area (Å²) in [7, 11) is 0. The van der Waals surface area contributed by atoms with Crippen LogP contribution in [0, 0.1) is 6.92 Å². The zero-order chi connectivity index (χ0) is 14.5. The van der Waals surface area contributed by atoms with E-state index in [1.165, 1.54) is 5.56 Å². The topological polar surface area (TPSA) is 55.6 Å². The molecule has 0 radical (unpaired) electrons. The number of hydrogen-bond donors (Lipinski definition) is 1. The summed E-state index contributed by atoms with van der Waals surface area (Å²) in [6.07, 6.45) is 2.61. The van der Waals surface area contributed by atoms with Gasteiger partial charge in [0.05, 0.1) is 5.69 Å². The zero-order valence-electron chi connectivity index (χ0n) is 11.9. The highest BCUT2D eigenvalue weighted by molar-refractivity contribution is 5.53. The highest BCUT2D eigenvalue weighted by atomic mass is 15.5. The van der Waals surface area contributed by atoms with Gasteiger partial charge in [-0.15, -0.1) is 5.10 Å². The number of aryl methyl sites for hydroxylation is 1. The van der Waals surface area contributed by atoms with Crippen molar-refractivity contribution in [3.8, 4) is 5.69 Å². The van der Waals surface area contributed by atoms with Crippen LogP contribution in [0.1, 0.15) is 11.1 Å². The van der Waals surface area contributed by atoms with Gasteiger partial charge in [-0.2, -0.15) is 0 Å². The molecule has 3 rings (SSSR count). The fourth-order valence-corrected chi connectivity index (χ4v) is 2.29. The van der Waals surface area contributed by atoms with Crippen molar-refractivity contribution in [2.24, 2.45) is 0 Å². The highest BCUT2D eigenvalue weighted by Crippen LogP contribution is 2.17. The number of aromatic nitrogens is 4. The predicted octanol–water partition coefficient (Wildman–Crippen LogP) is 2.63. The summed E-state index contributed by atoms with van der Waals surface area (Å²) in [6, 6.07) is 16.7. The first-order valence-electron chi connectivity index (χ1n) is 6.95. The number of hydrogen-bond acceptors (Lipinski definition) is 4. The molecule has 2 aromatic carbocycles. The van der Waals surface area contributed by atoms with E-state index in [1.54, 1.807) is 11.0 Å². The molecule has 0 unspecified atom stereocenters. The van der Waals surface area contributed by atoms with Crippen LogP contribution in [0.25, 0.3) is 5.69 Å². The summed E-state index contributed by atoms with van der Waals surface area (Å²) in [4.78, 5) is 0. The number of rotatable bonds is 5. The van der Waals surface area contributed by atoms with Gasteiger partial charge in [-0.3, -0.25) is 0 Å². The first-order valence-corrected chi connectivity index (χ1v) is 6.95. The van der Waals surface area contributed by atoms with Crippen LogP contribution >= 0.6 is 0 Å². The lowest BCUT2D eigenvalue weighted by Gasteiger charge is -2.10. The third-order valence-electron chi connectivity index (χ3n) is 3.38. The van der Waals surface area contributed by atoms with E-state index in [0.29, 0.717) is 0 Å². The van der Waals surface area contributed by atoms with Crippen molar-refractivity contribution >= 4 is 5.69 Å². The lowest BCUT2D eigenvalue weighted by molar-refractivity contribution is 0.785. The Hall–Kier alpha value is -2.69. The van der Waals surface area contributed by atoms with Crippen LogP contribution in [0.5, 0.6) is 0 Å². The van der Waals surface area contributed by atoms with Crippen LogP contribution in [0.4, 0.5) is 5.69 Å². The maximum Gasteiger partial charge on any atom is 0.143 e. The minimum Gasteiger partial charge on any atom is -0.385 e. The maximum atomic E-state index is 3.91. The molecule has 0 spiro atoms. The van der Waals surface area contributed by atoms with E-state index in [9.17, 15) is 0 Å². The van der Waals surface area contributed by atoms with Gasteiger partial charge in [-0.25, -0.2) is 4.68 Å². The van der Waals surface area contributed by atoms with E-state index >= 15 is 0 Å². The second kappa shape index (κ2) is 6.17. The van der Waals surface area contributed by atoms with Crippen molar-refractivity contribution in [1.82, 2.24) is 20.2 Å². The van der Waals surface area contributed by atoms with E-state index in [2.05, 4.69) is 64.2 Å². The van der Waals surface area contributed by atoms with Gasteiger partial charge in [0.2, 0.25) is 0 Å². The van der Waals surface area contributed by atoms with E-state index in [0.717, 1.165) is 29.9 Å². The number of nitrogens with zero attached hydrogens (tertiary/aromatic N) is 4. The Morgan fingerprint density at radius 1 is 1.10 bits per heavy atom. The van der Waals surface area contributed by atoms with Crippen LogP contribution in [0.3, 0.4) is 0 Å². The molecule has 0 aliphatic heterocycles. The van der Waals surface area contributed by atoms with E-state index in [1.807, 2.05) is 12.1 Å². The first kappa shape index (κ1) is 13.3. The quantitative estimate of drug-likeness (QED) is 0.780. The molecular weight excluding hydrogens is 262 g/mol. The third-order valence-corrected chi connectivity index (χ3v) is 3.38. The van der Waals surface area contributed by atoms with E-state index in [4.69, 9.17) is 0 Å². The predicted molar refractivity (Wildman–Crippen MR) is 82.5 cm³/mol. The monoisotopic (exact) mass is 279 g/mol. The van der Waals surface area contributed by atoms with Crippen molar-refractivity contribution in [1.29, 1.82) is 0 Å². The fourth-order valence-electron chi connectivity index (χ4n) is 2.29. The molecule has 1 N–H and O–H groups in total. The molecule has 0 fully saturated rings. The van der Waals surface area contributed by atoms with Crippen LogP contribution in [-0.4, -0.2) is 26.8 Å². The largest absolute Gasteiger partial charge is 0.385 e. The summed E-state index contributed by atoms with van der Waals surface area (Å²) in [6.45, 7) is 2.97. The van der Waals surface area contributed by atoms with Gasteiger partial charge >= 0.3 is 0 Å². The van der Waals surface area contributed by atoms with Gasteiger partial charge in [0.1, 0.15) is 6.33 Å². The van der Waals surface area contributed by atoms with Gasteiger partial charge in [-0.05, 0) is 53.1 Å². The molecule has 5 nitrogen and oxygen atoms in total. The average Bonchev–Trinajstić information content (AvgIpc) is 3.02. The van der Waals surface area contributed by atoms with Gasteiger partial charge in [0.15, 0.2) is 0 Å². The van der Waals surface area contributed by atoms with Crippen LogP contribution < -0.4 is 5.32 Å². The number of tetrazole rings is 1. The van der Waals surface area contributed by atoms with Gasteiger partial charge < -0.3 is 5.32 Å². The Morgan fingerprint density at radius 2 is 1.95 bits per heavy atom. The molecule has 0 aliphatic rings. The Bertz CT molecular complexity index is 692. The van der Waals surface area contributed by atoms with Crippen molar-refractivity contribution in [2.45, 2.75) is 13.3 Å². The van der Waals surface area contributed by atoms with E-state index in [-0.39, 0.29) is 0 Å². The molecule has 3 aromatic rings. The molecule has 1 aromatic heterocycles. The van der Waals surface area contributed by atoms with Gasteiger partial charge in [0, 0.05) is 12.2 Å². The second-order valence-electron chi connectivity index (χ2n) is 4.92. The highest BCUT2D eigenvalue weighted by Gasteiger charge is 2.03. The van der Waals surface area contributed by atoms with Crippen LogP contribution in [0.15, 0.2) is 54.9 Å². The Labute approximate surface area is 123 Å². The molecule has 0 aliphatic carbocycles. The average molecular weight is 279 g/mol. The summed E-state index contributed by atoms with van der Waals surface area (Å²) in [5, 5.41) is 14.7. The zero-order valence-corrected chi connectivity index (χ0v) is 11.9. The Balaban J connectivity index is 1.63. The SMILES string of the molecule is Cc1cc(NCCc2ccccc2)ccc1-n1cnnn1. The van der Waals surface area contributed by atoms with Crippen molar-refractivity contribution in [3.05, 3.63) is 66.0 Å². The summed E-state index contributed by atoms with van der Waals surface area (Å²) < 4.78 is 1.67. The minimum absolute atomic E-state index is 0.910. The normalized spacial score (nSPS) is 10.5. The van der Waals surface area contributed by atoms with Crippen LogP contribution in [0.2, 0.25) is 0 Å². The molecule has 0 saturated carbocycles. The summed E-state index contributed by atoms with van der Waals surface area (Å²) in [5.74, 6) is 0. The lowest BCUT2D eigenvalue weighted by Crippen LogP contribution is -2.06. The molecule has 5 heteroatoms.